The number of halogens is 1. The van der Waals surface area contributed by atoms with Gasteiger partial charge in [-0.15, -0.1) is 0 Å². The lowest BCUT2D eigenvalue weighted by atomic mass is 9.76. The number of para-hydroxylation sites is 2. The number of aromatic nitrogens is 6. The van der Waals surface area contributed by atoms with Gasteiger partial charge in [0.25, 0.3) is 0 Å². The molecule has 1 aliphatic rings. The molecule has 16 aromatic carbocycles. The van der Waals surface area contributed by atoms with Crippen LogP contribution in [-0.2, 0) is 9.31 Å². The minimum Gasteiger partial charge on any atom is -0.456 e. The highest BCUT2D eigenvalue weighted by atomic mass is 35.5. The fourth-order valence-electron chi connectivity index (χ4n) is 16.3. The van der Waals surface area contributed by atoms with Gasteiger partial charge in [0.1, 0.15) is 22.3 Å². The van der Waals surface area contributed by atoms with Crippen LogP contribution in [-0.4, -0.2) is 48.2 Å². The molecule has 124 heavy (non-hydrogen) atoms. The lowest BCUT2D eigenvalue weighted by Gasteiger charge is -2.32. The van der Waals surface area contributed by atoms with Gasteiger partial charge in [-0.25, -0.2) is 19.9 Å². The van der Waals surface area contributed by atoms with Gasteiger partial charge in [-0.1, -0.05) is 382 Å². The molecule has 21 rings (SSSR count). The van der Waals surface area contributed by atoms with Crippen molar-refractivity contribution in [3.8, 4) is 79.2 Å². The van der Waals surface area contributed by atoms with Crippen LogP contribution < -0.4 is 5.46 Å². The summed E-state index contributed by atoms with van der Waals surface area (Å²) in [5, 5.41) is 4.42. The monoisotopic (exact) mass is 1620 g/mol. The van der Waals surface area contributed by atoms with Crippen LogP contribution in [0.2, 0.25) is 5.28 Å². The van der Waals surface area contributed by atoms with Crippen LogP contribution in [0, 0.1) is 0 Å². The third-order valence-corrected chi connectivity index (χ3v) is 23.2. The van der Waals surface area contributed by atoms with Gasteiger partial charge in [0.05, 0.1) is 11.2 Å². The van der Waals surface area contributed by atoms with Gasteiger partial charge in [0, 0.05) is 49.4 Å². The topological polar surface area (TPSA) is 122 Å². The van der Waals surface area contributed by atoms with Gasteiger partial charge in [0.15, 0.2) is 29.1 Å². The number of hydrogen-bond donors (Lipinski definition) is 0. The summed E-state index contributed by atoms with van der Waals surface area (Å²) in [6.07, 6.45) is 0. The average Bonchev–Trinajstić information content (AvgIpc) is 1.56. The molecule has 0 bridgehead atoms. The van der Waals surface area contributed by atoms with E-state index in [4.69, 9.17) is 49.7 Å². The SMILES string of the molecule is CC1(C)OB(c2cccc(C(=C(c3ccccc3)c3ccccc3)c3ccccc3)c2)OC1(C)C.Clc1nc(-c2ccc3c(c2)oc2ccccc23)nc(-c2ccccc2-c2ccccc2)n1.c1ccc(C(=C(c2ccccc2)c2cccc(-c3nc(-c4ccc5c(c4)oc4ccccc45)nc(-c4ccccc4-c4ccccc4)n3)c2)c2ccccc2)cc1. The molecule has 20 aromatic rings. The van der Waals surface area contributed by atoms with Gasteiger partial charge in [-0.2, -0.15) is 9.97 Å². The highest BCUT2D eigenvalue weighted by Gasteiger charge is 2.52. The normalized spacial score (nSPS) is 12.6. The van der Waals surface area contributed by atoms with E-state index in [0.29, 0.717) is 29.1 Å². The summed E-state index contributed by atoms with van der Waals surface area (Å²) >= 11 is 6.34. The second-order valence-electron chi connectivity index (χ2n) is 31.5. The summed E-state index contributed by atoms with van der Waals surface area (Å²) < 4.78 is 25.1. The minimum atomic E-state index is -0.408. The Labute approximate surface area is 726 Å². The predicted octanol–water partition coefficient (Wildman–Crippen LogP) is 27.9. The standard InChI is InChI=1S/C53H35N3O.C32H31BO2.C27H16ClN3O/c1-5-18-36(19-6-1)43-28-13-14-30-46(43)53-55-51(54-52(56-53)42-32-33-45-44-29-15-16-31-47(44)57-48(45)35-42)41-27-17-26-40(34-41)50(39-24-11-4-12-25-39)49(37-20-7-2-8-21-37)38-22-9-3-10-23-38;1-31(2)32(3,4)35-33(34-31)28-22-14-21-27(23-28)30(26-19-12-7-13-20-26)29(24-15-8-5-9-16-24)25-17-10-6-11-18-25;28-27-30-25(18-14-15-21-20-11-6-7-13-23(20)32-24(21)16-18)29-26(31-27)22-12-5-4-10-19(22)17-8-2-1-3-9-17/h1-35H;5-23H,1-4H3;1-16H. The fraction of sp³-hybridized carbons (Fsp3) is 0.0536. The van der Waals surface area contributed by atoms with Gasteiger partial charge in [-0.05, 0) is 176 Å². The van der Waals surface area contributed by atoms with Crippen molar-refractivity contribution in [2.45, 2.75) is 38.9 Å². The molecular weight excluding hydrogens is 1540 g/mol. The van der Waals surface area contributed by atoms with Crippen molar-refractivity contribution >= 4 is 90.4 Å². The molecule has 0 saturated carbocycles. The van der Waals surface area contributed by atoms with Crippen molar-refractivity contribution in [1.82, 2.24) is 29.9 Å². The second kappa shape index (κ2) is 34.9. The van der Waals surface area contributed by atoms with E-state index in [2.05, 4.69) is 353 Å². The van der Waals surface area contributed by atoms with Crippen LogP contribution in [0.25, 0.3) is 145 Å². The number of hydrogen-bond acceptors (Lipinski definition) is 10. The number of furan rings is 2. The minimum absolute atomic E-state index is 0.151. The lowest BCUT2D eigenvalue weighted by Crippen LogP contribution is -2.41. The second-order valence-corrected chi connectivity index (χ2v) is 31.8. The van der Waals surface area contributed by atoms with Gasteiger partial charge >= 0.3 is 7.12 Å². The molecule has 5 heterocycles. The Bertz CT molecular complexity index is 7200. The summed E-state index contributed by atoms with van der Waals surface area (Å²) in [6.45, 7) is 8.37. The van der Waals surface area contributed by atoms with E-state index in [1.807, 2.05) is 109 Å². The van der Waals surface area contributed by atoms with Crippen molar-refractivity contribution in [3.05, 3.63) is 474 Å². The van der Waals surface area contributed by atoms with Crippen LogP contribution in [0.15, 0.2) is 433 Å². The number of rotatable bonds is 16. The van der Waals surface area contributed by atoms with E-state index >= 15 is 0 Å². The zero-order valence-electron chi connectivity index (χ0n) is 68.7. The summed E-state index contributed by atoms with van der Waals surface area (Å²) in [5.74, 6) is 2.78. The van der Waals surface area contributed by atoms with Gasteiger partial charge < -0.3 is 18.1 Å². The summed E-state index contributed by atoms with van der Waals surface area (Å²) in [6, 6.07) is 146. The molecule has 1 fully saturated rings. The number of fused-ring (bicyclic) bond motifs is 6. The molecule has 12 heteroatoms. The quantitative estimate of drug-likeness (QED) is 0.0683. The van der Waals surface area contributed by atoms with Crippen molar-refractivity contribution in [2.24, 2.45) is 0 Å². The molecular formula is C112H82BClN6O4. The largest absolute Gasteiger partial charge is 0.494 e. The predicted molar refractivity (Wildman–Crippen MR) is 508 cm³/mol. The molecule has 594 valence electrons. The van der Waals surface area contributed by atoms with E-state index in [1.54, 1.807) is 0 Å². The Hall–Kier alpha value is -15.1. The van der Waals surface area contributed by atoms with E-state index in [9.17, 15) is 0 Å². The molecule has 0 atom stereocenters. The Kier molecular flexibility index (Phi) is 22.2. The number of nitrogens with zero attached hydrogens (tertiary/aromatic N) is 6. The first-order chi connectivity index (χ1) is 60.9. The maximum absolute atomic E-state index is 6.38. The Morgan fingerprint density at radius 2 is 0.500 bits per heavy atom. The summed E-state index contributed by atoms with van der Waals surface area (Å²) in [5.41, 5.74) is 25.9. The van der Waals surface area contributed by atoms with Crippen molar-refractivity contribution in [3.63, 3.8) is 0 Å². The van der Waals surface area contributed by atoms with Crippen LogP contribution in [0.4, 0.5) is 0 Å². The van der Waals surface area contributed by atoms with Crippen molar-refractivity contribution in [2.75, 3.05) is 0 Å². The van der Waals surface area contributed by atoms with Crippen molar-refractivity contribution in [1.29, 1.82) is 0 Å². The molecule has 1 aliphatic heterocycles. The van der Waals surface area contributed by atoms with Crippen LogP contribution in [0.3, 0.4) is 0 Å². The number of benzene rings is 16. The zero-order chi connectivity index (χ0) is 83.9. The maximum atomic E-state index is 6.38. The van der Waals surface area contributed by atoms with Crippen LogP contribution in [0.1, 0.15) is 72.2 Å². The first-order valence-electron chi connectivity index (χ1n) is 41.6. The maximum Gasteiger partial charge on any atom is 0.494 e. The summed E-state index contributed by atoms with van der Waals surface area (Å²) in [4.78, 5) is 29.3. The first kappa shape index (κ1) is 78.7. The Morgan fingerprint density at radius 3 is 0.903 bits per heavy atom. The molecule has 0 unspecified atom stereocenters. The van der Waals surface area contributed by atoms with Crippen LogP contribution >= 0.6 is 11.6 Å². The third kappa shape index (κ3) is 16.5. The molecule has 0 spiro atoms. The molecule has 0 N–H and O–H groups in total. The molecule has 1 saturated heterocycles. The molecule has 0 aliphatic carbocycles. The Morgan fingerprint density at radius 1 is 0.226 bits per heavy atom. The highest BCUT2D eigenvalue weighted by Crippen LogP contribution is 2.44. The van der Waals surface area contributed by atoms with Gasteiger partial charge in [0.2, 0.25) is 5.28 Å². The lowest BCUT2D eigenvalue weighted by molar-refractivity contribution is 0.00578. The highest BCUT2D eigenvalue weighted by molar-refractivity contribution is 6.62. The molecule has 4 aromatic heterocycles. The first-order valence-corrected chi connectivity index (χ1v) is 41.9. The molecule has 0 radical (unpaired) electrons. The summed E-state index contributed by atoms with van der Waals surface area (Å²) in [7, 11) is -0.408. The molecule has 10 nitrogen and oxygen atoms in total. The van der Waals surface area contributed by atoms with Gasteiger partial charge in [-0.3, -0.25) is 0 Å². The third-order valence-electron chi connectivity index (χ3n) is 23.0. The van der Waals surface area contributed by atoms with E-state index in [0.717, 1.165) is 138 Å². The smallest absolute Gasteiger partial charge is 0.456 e. The average molecular weight is 1620 g/mol. The zero-order valence-corrected chi connectivity index (χ0v) is 69.4. The fourth-order valence-corrected chi connectivity index (χ4v) is 16.4. The molecule has 0 amide bonds. The Balaban J connectivity index is 0.000000130. The van der Waals surface area contributed by atoms with E-state index < -0.39 is 7.12 Å². The van der Waals surface area contributed by atoms with E-state index in [-0.39, 0.29) is 16.5 Å². The van der Waals surface area contributed by atoms with E-state index in [1.165, 1.54) is 27.8 Å². The van der Waals surface area contributed by atoms with Crippen molar-refractivity contribution < 1.29 is 18.1 Å². The van der Waals surface area contributed by atoms with Crippen LogP contribution in [0.5, 0.6) is 0 Å².